The van der Waals surface area contributed by atoms with E-state index >= 15 is 0 Å². The molecule has 0 N–H and O–H groups in total. The van der Waals surface area contributed by atoms with Crippen LogP contribution in [0.4, 0.5) is 4.69 Å². The van der Waals surface area contributed by atoms with E-state index in [4.69, 9.17) is 4.74 Å². The van der Waals surface area contributed by atoms with Crippen LogP contribution in [0.5, 0.6) is 5.75 Å². The van der Waals surface area contributed by atoms with E-state index in [1.807, 2.05) is 36.1 Å². The summed E-state index contributed by atoms with van der Waals surface area (Å²) in [5.74, 6) is 0.646. The summed E-state index contributed by atoms with van der Waals surface area (Å²) in [4.78, 5) is 18.0. The first-order valence-electron chi connectivity index (χ1n) is 6.01. The quantitative estimate of drug-likeness (QED) is 0.486. The molecular weight excluding hydrogens is 321 g/mol. The number of ether oxygens (including phenoxy) is 1. The Morgan fingerprint density at radius 3 is 2.60 bits per heavy atom. The molecule has 104 valence electrons. The molecule has 2 rings (SSSR count). The predicted molar refractivity (Wildman–Crippen MR) is 79.7 cm³/mol. The van der Waals surface area contributed by atoms with E-state index in [9.17, 15) is 4.79 Å². The van der Waals surface area contributed by atoms with Gasteiger partial charge in [0.05, 0.1) is 0 Å². The summed E-state index contributed by atoms with van der Waals surface area (Å²) < 4.78 is 5.81. The van der Waals surface area contributed by atoms with Crippen LogP contribution in [0.3, 0.4) is 0 Å². The van der Waals surface area contributed by atoms with Crippen molar-refractivity contribution in [3.63, 3.8) is 0 Å². The Hall–Kier alpha value is -1.91. The van der Waals surface area contributed by atoms with Gasteiger partial charge in [0, 0.05) is 0 Å². The molecule has 0 radical (unpaired) electrons. The Labute approximate surface area is 123 Å². The summed E-state index contributed by atoms with van der Waals surface area (Å²) in [6, 6.07) is 7.46. The number of benzene rings is 1. The number of hydrogen-bond donors (Lipinski definition) is 0. The van der Waals surface area contributed by atoms with Crippen LogP contribution in [-0.4, -0.2) is 38.7 Å². The van der Waals surface area contributed by atoms with Gasteiger partial charge in [0.2, 0.25) is 0 Å². The molecule has 0 aliphatic heterocycles. The summed E-state index contributed by atoms with van der Waals surface area (Å²) in [5, 5.41) is 5.59. The predicted octanol–water partition coefficient (Wildman–Crippen LogP) is 1.84. The Morgan fingerprint density at radius 1 is 1.40 bits per heavy atom. The van der Waals surface area contributed by atoms with Crippen LogP contribution in [0.2, 0.25) is 0 Å². The van der Waals surface area contributed by atoms with Crippen LogP contribution >= 0.6 is 0 Å². The maximum absolute atomic E-state index is 11.7. The Morgan fingerprint density at radius 2 is 2.10 bits per heavy atom. The number of carbonyl (C=O) groups is 1. The minimum absolute atomic E-state index is 0.0625. The van der Waals surface area contributed by atoms with Gasteiger partial charge in [-0.25, -0.2) is 0 Å². The third-order valence-electron chi connectivity index (χ3n) is 2.52. The van der Waals surface area contributed by atoms with Gasteiger partial charge in [-0.15, -0.1) is 0 Å². The number of nitrogens with zero attached hydrogens (tertiary/aromatic N) is 3. The van der Waals surface area contributed by atoms with Crippen molar-refractivity contribution in [2.75, 3.05) is 12.1 Å². The molecule has 0 saturated heterocycles. The molecule has 1 heterocycles. The molecule has 1 aromatic heterocycles. The number of hydrazone groups is 1. The summed E-state index contributed by atoms with van der Waals surface area (Å²) in [7, 11) is 1.62. The number of hydrogen-bond acceptors (Lipinski definition) is 4. The number of carbonyl (C=O) groups excluding carboxylic acids is 1. The van der Waals surface area contributed by atoms with Crippen LogP contribution in [0.25, 0.3) is 0 Å². The standard InChI is InChI=1S/C14H15N3O2Se/c1-10-9-20-14(16-10)17(11(2)18)15-8-12-4-6-13(19-3)7-5-12/h4-9H,1-3H3/b15-8+. The van der Waals surface area contributed by atoms with Crippen molar-refractivity contribution in [1.82, 2.24) is 4.98 Å². The molecule has 6 heteroatoms. The van der Waals surface area contributed by atoms with Gasteiger partial charge in [0.25, 0.3) is 0 Å². The molecule has 1 amide bonds. The van der Waals surface area contributed by atoms with Crippen LogP contribution < -0.4 is 9.75 Å². The second kappa shape index (κ2) is 6.50. The number of rotatable bonds is 4. The van der Waals surface area contributed by atoms with Crippen LogP contribution in [0.1, 0.15) is 18.2 Å². The van der Waals surface area contributed by atoms with E-state index in [0.29, 0.717) is 4.69 Å². The van der Waals surface area contributed by atoms with Crippen LogP contribution in [0, 0.1) is 6.92 Å². The molecule has 0 aliphatic carbocycles. The monoisotopic (exact) mass is 337 g/mol. The molecule has 5 nitrogen and oxygen atoms in total. The van der Waals surface area contributed by atoms with Crippen molar-refractivity contribution in [3.05, 3.63) is 40.5 Å². The number of aromatic nitrogens is 1. The van der Waals surface area contributed by atoms with E-state index in [-0.39, 0.29) is 20.4 Å². The second-order valence-electron chi connectivity index (χ2n) is 4.12. The molecule has 0 atom stereocenters. The van der Waals surface area contributed by atoms with Gasteiger partial charge in [0.15, 0.2) is 0 Å². The van der Waals surface area contributed by atoms with Gasteiger partial charge < -0.3 is 0 Å². The zero-order valence-electron chi connectivity index (χ0n) is 11.5. The second-order valence-corrected chi connectivity index (χ2v) is 5.88. The Balaban J connectivity index is 2.19. The number of aryl methyl sites for hydroxylation is 1. The zero-order chi connectivity index (χ0) is 14.5. The average molecular weight is 336 g/mol. The van der Waals surface area contributed by atoms with Gasteiger partial charge in [0.1, 0.15) is 0 Å². The summed E-state index contributed by atoms with van der Waals surface area (Å²) in [5.41, 5.74) is 1.83. The number of amides is 1. The molecule has 0 bridgehead atoms. The first-order valence-corrected chi connectivity index (χ1v) is 7.85. The third-order valence-corrected chi connectivity index (χ3v) is 4.48. The molecule has 0 aliphatic rings. The summed E-state index contributed by atoms with van der Waals surface area (Å²) in [6.07, 6.45) is 1.65. The van der Waals surface area contributed by atoms with Gasteiger partial charge in [-0.3, -0.25) is 0 Å². The topological polar surface area (TPSA) is 54.8 Å². The molecule has 0 saturated carbocycles. The molecule has 1 aromatic carbocycles. The van der Waals surface area contributed by atoms with Crippen LogP contribution in [-0.2, 0) is 4.79 Å². The van der Waals surface area contributed by atoms with Crippen molar-refractivity contribution in [2.45, 2.75) is 13.8 Å². The Bertz CT molecular complexity index is 620. The third kappa shape index (κ3) is 3.56. The minimum atomic E-state index is -0.140. The van der Waals surface area contributed by atoms with Crippen molar-refractivity contribution >= 4 is 31.3 Å². The van der Waals surface area contributed by atoms with Gasteiger partial charge in [-0.05, 0) is 0 Å². The SMILES string of the molecule is COc1ccc(/C=N/N(C(C)=O)c2nc(C)c[se]2)cc1. The van der Waals surface area contributed by atoms with Crippen LogP contribution in [0.15, 0.2) is 34.3 Å². The number of methoxy groups -OCH3 is 1. The van der Waals surface area contributed by atoms with E-state index in [1.54, 1.807) is 13.3 Å². The maximum atomic E-state index is 11.7. The van der Waals surface area contributed by atoms with E-state index in [2.05, 4.69) is 10.1 Å². The average Bonchev–Trinajstić information content (AvgIpc) is 2.86. The fourth-order valence-electron chi connectivity index (χ4n) is 1.52. The van der Waals surface area contributed by atoms with Gasteiger partial charge >= 0.3 is 123 Å². The number of anilines is 1. The molecule has 0 unspecified atom stereocenters. The molecule has 0 spiro atoms. The van der Waals surface area contributed by atoms with E-state index in [1.165, 1.54) is 11.9 Å². The Kier molecular flexibility index (Phi) is 4.71. The van der Waals surface area contributed by atoms with Crippen molar-refractivity contribution in [2.24, 2.45) is 5.10 Å². The fourth-order valence-corrected chi connectivity index (χ4v) is 3.20. The summed E-state index contributed by atoms with van der Waals surface area (Å²) >= 11 is 0.0625. The van der Waals surface area contributed by atoms with E-state index < -0.39 is 0 Å². The van der Waals surface area contributed by atoms with Crippen molar-refractivity contribution < 1.29 is 9.53 Å². The van der Waals surface area contributed by atoms with Gasteiger partial charge in [-0.2, -0.15) is 0 Å². The molecule has 0 fully saturated rings. The summed E-state index contributed by atoms with van der Waals surface area (Å²) in [6.45, 7) is 3.40. The van der Waals surface area contributed by atoms with Crippen molar-refractivity contribution in [3.8, 4) is 5.75 Å². The van der Waals surface area contributed by atoms with E-state index in [0.717, 1.165) is 17.0 Å². The fraction of sp³-hybridized carbons (Fsp3) is 0.214. The normalized spacial score (nSPS) is 10.8. The zero-order valence-corrected chi connectivity index (χ0v) is 13.2. The first kappa shape index (κ1) is 14.5. The molecule has 20 heavy (non-hydrogen) atoms. The molecular formula is C14H15N3O2Se. The molecule has 2 aromatic rings. The van der Waals surface area contributed by atoms with Crippen molar-refractivity contribution in [1.29, 1.82) is 0 Å². The van der Waals surface area contributed by atoms with Gasteiger partial charge in [-0.1, -0.05) is 0 Å². The first-order chi connectivity index (χ1) is 9.60.